The van der Waals surface area contributed by atoms with Gasteiger partial charge >= 0.3 is 5.97 Å². The van der Waals surface area contributed by atoms with Crippen LogP contribution in [0.4, 0.5) is 0 Å². The van der Waals surface area contributed by atoms with Crippen molar-refractivity contribution >= 4 is 5.97 Å². The molecule has 0 saturated heterocycles. The quantitative estimate of drug-likeness (QED) is 0.554. The predicted octanol–water partition coefficient (Wildman–Crippen LogP) is 4.10. The highest BCUT2D eigenvalue weighted by atomic mass is 16.6. The second-order valence-electron chi connectivity index (χ2n) is 6.13. The molecule has 2 nitrogen and oxygen atoms in total. The molecule has 0 aromatic rings. The molecule has 2 rings (SSSR count). The number of rotatable bonds is 4. The lowest BCUT2D eigenvalue weighted by Crippen LogP contribution is -2.49. The average Bonchev–Trinajstić information content (AvgIpc) is 2.41. The Morgan fingerprint density at radius 2 is 2.17 bits per heavy atom. The summed E-state index contributed by atoms with van der Waals surface area (Å²) in [6, 6.07) is 0. The Hall–Kier alpha value is -0.790. The third-order valence-corrected chi connectivity index (χ3v) is 5.27. The highest BCUT2D eigenvalue weighted by Crippen LogP contribution is 2.51. The van der Waals surface area contributed by atoms with Crippen LogP contribution in [-0.4, -0.2) is 11.6 Å². The van der Waals surface area contributed by atoms with Crippen LogP contribution in [0.1, 0.15) is 58.8 Å². The van der Waals surface area contributed by atoms with Gasteiger partial charge in [-0.05, 0) is 56.3 Å². The molecule has 102 valence electrons. The zero-order chi connectivity index (χ0) is 13.2. The highest BCUT2D eigenvalue weighted by molar-refractivity contribution is 5.81. The van der Waals surface area contributed by atoms with Gasteiger partial charge in [0.25, 0.3) is 0 Å². The van der Waals surface area contributed by atoms with Crippen molar-refractivity contribution in [3.8, 4) is 0 Å². The molecule has 0 N–H and O–H groups in total. The molecule has 2 aliphatic rings. The van der Waals surface area contributed by atoms with E-state index in [0.717, 1.165) is 24.7 Å². The van der Waals surface area contributed by atoms with Gasteiger partial charge in [-0.2, -0.15) is 0 Å². The molecule has 18 heavy (non-hydrogen) atoms. The van der Waals surface area contributed by atoms with Gasteiger partial charge in [-0.25, -0.2) is 4.79 Å². The van der Waals surface area contributed by atoms with Crippen LogP contribution in [0.3, 0.4) is 0 Å². The summed E-state index contributed by atoms with van der Waals surface area (Å²) in [5.41, 5.74) is -0.199. The second-order valence-corrected chi connectivity index (χ2v) is 6.13. The van der Waals surface area contributed by atoms with Gasteiger partial charge in [0.15, 0.2) is 0 Å². The number of hydrogen-bond acceptors (Lipinski definition) is 2. The minimum Gasteiger partial charge on any atom is -0.456 e. The lowest BCUT2D eigenvalue weighted by molar-refractivity contribution is -0.172. The van der Waals surface area contributed by atoms with Crippen molar-refractivity contribution in [2.24, 2.45) is 17.8 Å². The van der Waals surface area contributed by atoms with Crippen LogP contribution in [-0.2, 0) is 9.53 Å². The molecule has 2 aliphatic carbocycles. The van der Waals surface area contributed by atoms with E-state index < -0.39 is 0 Å². The van der Waals surface area contributed by atoms with Crippen LogP contribution in [0.25, 0.3) is 0 Å². The van der Waals surface area contributed by atoms with Crippen LogP contribution in [0, 0.1) is 17.8 Å². The van der Waals surface area contributed by atoms with Gasteiger partial charge in [0.05, 0.1) is 0 Å². The standard InChI is InChI=1S/C16H26O2/c1-4-12-9-13-7-8-16(6-3,14(10-12)11-13)18-15(17)5-2/h5,12-14H,2,4,6-11H2,1,3H3. The molecule has 2 saturated carbocycles. The second kappa shape index (κ2) is 5.46. The fourth-order valence-electron chi connectivity index (χ4n) is 4.13. The molecule has 0 aromatic carbocycles. The first-order valence-corrected chi connectivity index (χ1v) is 7.49. The van der Waals surface area contributed by atoms with Crippen molar-refractivity contribution in [1.82, 2.24) is 0 Å². The summed E-state index contributed by atoms with van der Waals surface area (Å²) < 4.78 is 5.80. The molecule has 4 unspecified atom stereocenters. The molecular formula is C16H26O2. The lowest BCUT2D eigenvalue weighted by atomic mass is 9.60. The molecule has 2 heteroatoms. The molecule has 0 aromatic heterocycles. The van der Waals surface area contributed by atoms with E-state index in [1.54, 1.807) is 0 Å². The molecular weight excluding hydrogens is 224 g/mol. The summed E-state index contributed by atoms with van der Waals surface area (Å²) in [5, 5.41) is 0. The molecule has 0 heterocycles. The molecule has 0 amide bonds. The Kier molecular flexibility index (Phi) is 4.14. The van der Waals surface area contributed by atoms with Gasteiger partial charge in [0.1, 0.15) is 5.60 Å². The first-order valence-electron chi connectivity index (χ1n) is 7.49. The van der Waals surface area contributed by atoms with Gasteiger partial charge in [-0.1, -0.05) is 26.8 Å². The van der Waals surface area contributed by atoms with Crippen molar-refractivity contribution < 1.29 is 9.53 Å². The Labute approximate surface area is 111 Å². The van der Waals surface area contributed by atoms with Gasteiger partial charge in [0, 0.05) is 6.08 Å². The summed E-state index contributed by atoms with van der Waals surface area (Å²) in [6.45, 7) is 7.97. The molecule has 0 aliphatic heterocycles. The fraction of sp³-hybridized carbons (Fsp3) is 0.812. The summed E-state index contributed by atoms with van der Waals surface area (Å²) in [7, 11) is 0. The van der Waals surface area contributed by atoms with E-state index in [2.05, 4.69) is 20.4 Å². The summed E-state index contributed by atoms with van der Waals surface area (Å²) >= 11 is 0. The minimum absolute atomic E-state index is 0.199. The van der Waals surface area contributed by atoms with Crippen molar-refractivity contribution in [3.05, 3.63) is 12.7 Å². The molecule has 2 fully saturated rings. The van der Waals surface area contributed by atoms with E-state index in [0.29, 0.717) is 5.92 Å². The fourth-order valence-corrected chi connectivity index (χ4v) is 4.13. The summed E-state index contributed by atoms with van der Waals surface area (Å²) in [4.78, 5) is 11.6. The number of ether oxygens (including phenoxy) is 1. The molecule has 2 bridgehead atoms. The normalized spacial score (nSPS) is 39.1. The first-order chi connectivity index (χ1) is 8.63. The maximum absolute atomic E-state index is 11.6. The minimum atomic E-state index is -0.242. The van der Waals surface area contributed by atoms with Crippen molar-refractivity contribution in [2.45, 2.75) is 64.4 Å². The van der Waals surface area contributed by atoms with E-state index in [1.807, 2.05) is 0 Å². The van der Waals surface area contributed by atoms with E-state index in [-0.39, 0.29) is 11.6 Å². The number of esters is 1. The third kappa shape index (κ3) is 2.48. The van der Waals surface area contributed by atoms with Gasteiger partial charge in [0.2, 0.25) is 0 Å². The molecule has 0 radical (unpaired) electrons. The SMILES string of the molecule is C=CC(=O)OC1(CC)CCC2CC(CC)CC1C2. The zero-order valence-electron chi connectivity index (χ0n) is 11.8. The van der Waals surface area contributed by atoms with Gasteiger partial charge in [-0.3, -0.25) is 0 Å². The number of fused-ring (bicyclic) bond motifs is 2. The Balaban J connectivity index is 2.14. The molecule has 0 spiro atoms. The first kappa shape index (κ1) is 13.6. The van der Waals surface area contributed by atoms with Crippen LogP contribution in [0.15, 0.2) is 12.7 Å². The summed E-state index contributed by atoms with van der Waals surface area (Å²) in [6.07, 6.45) is 9.69. The summed E-state index contributed by atoms with van der Waals surface area (Å²) in [5.74, 6) is 2.04. The van der Waals surface area contributed by atoms with E-state index in [1.165, 1.54) is 38.2 Å². The largest absolute Gasteiger partial charge is 0.456 e. The van der Waals surface area contributed by atoms with E-state index >= 15 is 0 Å². The van der Waals surface area contributed by atoms with Crippen LogP contribution in [0.2, 0.25) is 0 Å². The monoisotopic (exact) mass is 250 g/mol. The van der Waals surface area contributed by atoms with Crippen LogP contribution >= 0.6 is 0 Å². The maximum atomic E-state index is 11.6. The van der Waals surface area contributed by atoms with Gasteiger partial charge in [-0.15, -0.1) is 0 Å². The highest BCUT2D eigenvalue weighted by Gasteiger charge is 2.48. The smallest absolute Gasteiger partial charge is 0.330 e. The van der Waals surface area contributed by atoms with Crippen LogP contribution in [0.5, 0.6) is 0 Å². The average molecular weight is 250 g/mol. The number of hydrogen-bond donors (Lipinski definition) is 0. The molecule has 4 atom stereocenters. The lowest BCUT2D eigenvalue weighted by Gasteiger charge is -2.50. The maximum Gasteiger partial charge on any atom is 0.330 e. The zero-order valence-corrected chi connectivity index (χ0v) is 11.8. The Morgan fingerprint density at radius 1 is 1.39 bits per heavy atom. The van der Waals surface area contributed by atoms with Crippen LogP contribution < -0.4 is 0 Å². The topological polar surface area (TPSA) is 26.3 Å². The Bertz CT molecular complexity index is 323. The van der Waals surface area contributed by atoms with E-state index in [4.69, 9.17) is 4.74 Å². The Morgan fingerprint density at radius 3 is 2.78 bits per heavy atom. The van der Waals surface area contributed by atoms with Crippen molar-refractivity contribution in [1.29, 1.82) is 0 Å². The predicted molar refractivity (Wildman–Crippen MR) is 73.2 cm³/mol. The number of carbonyl (C=O) groups is 1. The van der Waals surface area contributed by atoms with Crippen molar-refractivity contribution in [3.63, 3.8) is 0 Å². The third-order valence-electron chi connectivity index (χ3n) is 5.27. The number of carbonyl (C=O) groups excluding carboxylic acids is 1. The van der Waals surface area contributed by atoms with Crippen molar-refractivity contribution in [2.75, 3.05) is 0 Å². The van der Waals surface area contributed by atoms with Gasteiger partial charge < -0.3 is 4.74 Å². The van der Waals surface area contributed by atoms with E-state index in [9.17, 15) is 4.79 Å².